The number of amides is 1. The maximum absolute atomic E-state index is 12.1. The summed E-state index contributed by atoms with van der Waals surface area (Å²) in [5.41, 5.74) is 0.708. The molecule has 0 aromatic heterocycles. The largest absolute Gasteiger partial charge is 0.444 e. The lowest BCUT2D eigenvalue weighted by atomic mass is 9.97. The van der Waals surface area contributed by atoms with Gasteiger partial charge in [0.1, 0.15) is 5.60 Å². The molecule has 0 radical (unpaired) electrons. The van der Waals surface area contributed by atoms with Crippen LogP contribution >= 0.6 is 38.5 Å². The molecule has 23 heavy (non-hydrogen) atoms. The van der Waals surface area contributed by atoms with E-state index in [1.165, 1.54) is 3.57 Å². The minimum absolute atomic E-state index is 0.189. The average Bonchev–Trinajstić information content (AvgIpc) is 2.47. The zero-order chi connectivity index (χ0) is 17.0. The van der Waals surface area contributed by atoms with E-state index in [0.29, 0.717) is 5.92 Å². The van der Waals surface area contributed by atoms with Crippen molar-refractivity contribution in [2.45, 2.75) is 39.2 Å². The van der Waals surface area contributed by atoms with Crippen LogP contribution in [0.3, 0.4) is 0 Å². The molecule has 2 rings (SSSR count). The molecule has 1 N–H and O–H groups in total. The number of ether oxygens (including phenoxy) is 1. The van der Waals surface area contributed by atoms with Gasteiger partial charge in [-0.05, 0) is 96.3 Å². The Morgan fingerprint density at radius 2 is 2.04 bits per heavy atom. The number of hydrogen-bond acceptors (Lipinski definition) is 3. The summed E-state index contributed by atoms with van der Waals surface area (Å²) in [5.74, 6) is 0.590. The molecular formula is C17H24BrIN2O2. The van der Waals surface area contributed by atoms with Crippen molar-refractivity contribution in [2.75, 3.05) is 25.0 Å². The third-order valence-electron chi connectivity index (χ3n) is 3.78. The number of likely N-dealkylation sites (tertiary alicyclic amines) is 1. The van der Waals surface area contributed by atoms with Gasteiger partial charge >= 0.3 is 6.09 Å². The van der Waals surface area contributed by atoms with Crippen LogP contribution in [0.15, 0.2) is 22.7 Å². The number of rotatable bonds is 3. The molecule has 1 aromatic carbocycles. The number of benzene rings is 1. The Labute approximate surface area is 160 Å². The first kappa shape index (κ1) is 18.8. The third-order valence-corrected chi connectivity index (χ3v) is 6.12. The van der Waals surface area contributed by atoms with Gasteiger partial charge in [-0.15, -0.1) is 0 Å². The van der Waals surface area contributed by atoms with Gasteiger partial charge in [-0.1, -0.05) is 0 Å². The quantitative estimate of drug-likeness (QED) is 0.593. The van der Waals surface area contributed by atoms with Crippen LogP contribution < -0.4 is 5.32 Å². The summed E-state index contributed by atoms with van der Waals surface area (Å²) in [4.78, 5) is 13.9. The number of hydrogen-bond donors (Lipinski definition) is 1. The molecular weight excluding hydrogens is 471 g/mol. The molecule has 0 atom stereocenters. The highest BCUT2D eigenvalue weighted by atomic mass is 127. The van der Waals surface area contributed by atoms with Crippen LogP contribution in [0.2, 0.25) is 0 Å². The molecule has 1 saturated heterocycles. The van der Waals surface area contributed by atoms with Crippen LogP contribution in [0.4, 0.5) is 10.5 Å². The van der Waals surface area contributed by atoms with Crippen LogP contribution in [0, 0.1) is 9.49 Å². The van der Waals surface area contributed by atoms with Gasteiger partial charge in [-0.3, -0.25) is 0 Å². The first-order chi connectivity index (χ1) is 10.7. The van der Waals surface area contributed by atoms with E-state index < -0.39 is 5.60 Å². The fourth-order valence-corrected chi connectivity index (χ4v) is 3.23. The zero-order valence-electron chi connectivity index (χ0n) is 13.9. The van der Waals surface area contributed by atoms with Gasteiger partial charge in [0.25, 0.3) is 0 Å². The molecule has 0 unspecified atom stereocenters. The topological polar surface area (TPSA) is 41.6 Å². The van der Waals surface area contributed by atoms with E-state index in [0.717, 1.165) is 42.6 Å². The predicted molar refractivity (Wildman–Crippen MR) is 106 cm³/mol. The highest BCUT2D eigenvalue weighted by molar-refractivity contribution is 14.1. The molecule has 1 aromatic rings. The van der Waals surface area contributed by atoms with Gasteiger partial charge in [-0.2, -0.15) is 0 Å². The van der Waals surface area contributed by atoms with Crippen LogP contribution in [0.1, 0.15) is 33.6 Å². The molecule has 1 aliphatic heterocycles. The van der Waals surface area contributed by atoms with Crippen molar-refractivity contribution >= 4 is 50.3 Å². The van der Waals surface area contributed by atoms with Crippen molar-refractivity contribution in [3.8, 4) is 0 Å². The molecule has 0 saturated carbocycles. The normalized spacial score (nSPS) is 16.3. The minimum Gasteiger partial charge on any atom is -0.444 e. The predicted octanol–water partition coefficient (Wildman–Crippen LogP) is 5.11. The number of carbonyl (C=O) groups excluding carboxylic acids is 1. The minimum atomic E-state index is -0.423. The van der Waals surface area contributed by atoms with E-state index in [4.69, 9.17) is 4.74 Å². The Kier molecular flexibility index (Phi) is 6.59. The van der Waals surface area contributed by atoms with E-state index in [1.807, 2.05) is 25.7 Å². The van der Waals surface area contributed by atoms with Crippen LogP contribution in [-0.2, 0) is 4.74 Å². The second-order valence-corrected chi connectivity index (χ2v) is 8.94. The van der Waals surface area contributed by atoms with Gasteiger partial charge in [0, 0.05) is 33.4 Å². The Balaban J connectivity index is 1.76. The summed E-state index contributed by atoms with van der Waals surface area (Å²) < 4.78 is 7.75. The summed E-state index contributed by atoms with van der Waals surface area (Å²) in [6.45, 7) is 8.20. The number of nitrogens with zero attached hydrogens (tertiary/aromatic N) is 1. The van der Waals surface area contributed by atoms with Crippen molar-refractivity contribution in [1.29, 1.82) is 0 Å². The van der Waals surface area contributed by atoms with Crippen molar-refractivity contribution < 1.29 is 9.53 Å². The van der Waals surface area contributed by atoms with Crippen LogP contribution in [-0.4, -0.2) is 36.2 Å². The number of piperidine rings is 1. The fraction of sp³-hybridized carbons (Fsp3) is 0.588. The van der Waals surface area contributed by atoms with E-state index in [-0.39, 0.29) is 6.09 Å². The Bertz CT molecular complexity index is 552. The van der Waals surface area contributed by atoms with Crippen molar-refractivity contribution in [1.82, 2.24) is 4.90 Å². The van der Waals surface area contributed by atoms with Crippen LogP contribution in [0.5, 0.6) is 0 Å². The second-order valence-electron chi connectivity index (χ2n) is 6.92. The second kappa shape index (κ2) is 8.05. The van der Waals surface area contributed by atoms with Gasteiger partial charge in [0.15, 0.2) is 0 Å². The molecule has 1 heterocycles. The highest BCUT2D eigenvalue weighted by Crippen LogP contribution is 2.24. The molecule has 1 amide bonds. The highest BCUT2D eigenvalue weighted by Gasteiger charge is 2.26. The molecule has 0 aliphatic carbocycles. The lowest BCUT2D eigenvalue weighted by molar-refractivity contribution is 0.0188. The molecule has 0 spiro atoms. The van der Waals surface area contributed by atoms with E-state index >= 15 is 0 Å². The maximum atomic E-state index is 12.1. The Morgan fingerprint density at radius 3 is 2.61 bits per heavy atom. The Hall–Kier alpha value is -0.500. The number of nitrogens with one attached hydrogen (secondary N) is 1. The summed E-state index contributed by atoms with van der Waals surface area (Å²) in [6.07, 6.45) is 1.83. The summed E-state index contributed by atoms with van der Waals surface area (Å²) >= 11 is 5.86. The maximum Gasteiger partial charge on any atom is 0.410 e. The smallest absolute Gasteiger partial charge is 0.410 e. The molecule has 128 valence electrons. The monoisotopic (exact) mass is 494 g/mol. The third kappa shape index (κ3) is 6.14. The summed E-state index contributed by atoms with van der Waals surface area (Å²) in [5, 5.41) is 3.50. The van der Waals surface area contributed by atoms with Crippen molar-refractivity contribution in [2.24, 2.45) is 5.92 Å². The van der Waals surface area contributed by atoms with Gasteiger partial charge in [0.05, 0.1) is 0 Å². The fourth-order valence-electron chi connectivity index (χ4n) is 2.51. The number of anilines is 1. The van der Waals surface area contributed by atoms with Crippen LogP contribution in [0.25, 0.3) is 0 Å². The molecule has 6 heteroatoms. The van der Waals surface area contributed by atoms with Crippen molar-refractivity contribution in [3.63, 3.8) is 0 Å². The molecule has 0 bridgehead atoms. The van der Waals surface area contributed by atoms with E-state index in [9.17, 15) is 4.79 Å². The number of halogens is 2. The lowest BCUT2D eigenvalue weighted by Crippen LogP contribution is -2.42. The summed E-state index contributed by atoms with van der Waals surface area (Å²) in [6, 6.07) is 6.30. The standard InChI is InChI=1S/C17H24BrIN2O2/c1-17(2,3)23-16(22)21-8-6-12(7-9-21)11-20-13-4-5-15(19)14(18)10-13/h4-5,10,12,20H,6-9,11H2,1-3H3. The molecule has 1 aliphatic rings. The first-order valence-corrected chi connectivity index (χ1v) is 9.78. The zero-order valence-corrected chi connectivity index (χ0v) is 17.6. The first-order valence-electron chi connectivity index (χ1n) is 7.91. The van der Waals surface area contributed by atoms with Gasteiger partial charge in [0.2, 0.25) is 0 Å². The molecule has 4 nitrogen and oxygen atoms in total. The van der Waals surface area contributed by atoms with E-state index in [2.05, 4.69) is 62.0 Å². The Morgan fingerprint density at radius 1 is 1.39 bits per heavy atom. The van der Waals surface area contributed by atoms with Crippen molar-refractivity contribution in [3.05, 3.63) is 26.2 Å². The molecule has 1 fully saturated rings. The number of carbonyl (C=O) groups is 1. The lowest BCUT2D eigenvalue weighted by Gasteiger charge is -2.33. The average molecular weight is 495 g/mol. The van der Waals surface area contributed by atoms with E-state index in [1.54, 1.807) is 0 Å². The van der Waals surface area contributed by atoms with Gasteiger partial charge in [-0.25, -0.2) is 4.79 Å². The summed E-state index contributed by atoms with van der Waals surface area (Å²) in [7, 11) is 0. The van der Waals surface area contributed by atoms with Gasteiger partial charge < -0.3 is 15.0 Å². The SMILES string of the molecule is CC(C)(C)OC(=O)N1CCC(CNc2ccc(I)c(Br)c2)CC1.